The maximum absolute atomic E-state index is 13.3. The fourth-order valence-corrected chi connectivity index (χ4v) is 5.12. The molecule has 1 N–H and O–H groups in total. The number of rotatable bonds is 5. The zero-order chi connectivity index (χ0) is 25.2. The van der Waals surface area contributed by atoms with Gasteiger partial charge in [0.25, 0.3) is 5.91 Å². The molecule has 2 aromatic heterocycles. The summed E-state index contributed by atoms with van der Waals surface area (Å²) in [6.07, 6.45) is 3.73. The summed E-state index contributed by atoms with van der Waals surface area (Å²) in [5, 5.41) is 15.3. The topological polar surface area (TPSA) is 101 Å². The highest BCUT2D eigenvalue weighted by molar-refractivity contribution is 5.95. The molecule has 1 aliphatic rings. The zero-order valence-corrected chi connectivity index (χ0v) is 20.5. The average molecular weight is 491 g/mol. The minimum Gasteiger partial charge on any atom is -0.339 e. The highest BCUT2D eigenvalue weighted by Gasteiger charge is 2.36. The number of nitrogens with zero attached hydrogens (tertiary/aromatic N) is 7. The average Bonchev–Trinajstić information content (AvgIpc) is 3.45. The summed E-state index contributed by atoms with van der Waals surface area (Å²) < 4.78 is 1.66. The maximum Gasteiger partial charge on any atom is 0.253 e. The first-order valence-corrected chi connectivity index (χ1v) is 12.3. The molecule has 1 amide bonds. The van der Waals surface area contributed by atoms with Crippen molar-refractivity contribution in [2.75, 3.05) is 25.5 Å². The zero-order valence-electron chi connectivity index (χ0n) is 20.5. The molecule has 3 heterocycles. The Bertz CT molecular complexity index is 1590. The normalized spacial score (nSPS) is 15.4. The van der Waals surface area contributed by atoms with E-state index in [1.807, 2.05) is 72.8 Å². The van der Waals surface area contributed by atoms with Gasteiger partial charge in [0.1, 0.15) is 0 Å². The maximum atomic E-state index is 13.3. The molecule has 1 fully saturated rings. The Morgan fingerprint density at radius 2 is 1.70 bits per heavy atom. The van der Waals surface area contributed by atoms with E-state index in [2.05, 4.69) is 50.1 Å². The molecule has 1 aliphatic heterocycles. The van der Waals surface area contributed by atoms with Crippen molar-refractivity contribution < 1.29 is 4.79 Å². The van der Waals surface area contributed by atoms with Crippen molar-refractivity contribution in [1.82, 2.24) is 29.9 Å². The van der Waals surface area contributed by atoms with Gasteiger partial charge in [0.2, 0.25) is 5.65 Å². The number of hydrogen-bond acceptors (Lipinski definition) is 7. The van der Waals surface area contributed by atoms with E-state index in [1.54, 1.807) is 4.52 Å². The minimum atomic E-state index is -0.130. The molecule has 0 radical (unpaired) electrons. The van der Waals surface area contributed by atoms with Crippen molar-refractivity contribution in [3.63, 3.8) is 0 Å². The van der Waals surface area contributed by atoms with Crippen LogP contribution in [-0.4, -0.2) is 62.2 Å². The van der Waals surface area contributed by atoms with E-state index in [0.29, 0.717) is 30.1 Å². The van der Waals surface area contributed by atoms with Crippen LogP contribution in [-0.2, 0) is 5.41 Å². The molecular weight excluding hydrogens is 464 g/mol. The number of piperidine rings is 1. The Kier molecular flexibility index (Phi) is 5.80. The lowest BCUT2D eigenvalue weighted by Crippen LogP contribution is -2.46. The first-order chi connectivity index (χ1) is 18.2. The fraction of sp³-hybridized carbons (Fsp3) is 0.214. The van der Waals surface area contributed by atoms with Crippen molar-refractivity contribution in [3.05, 3.63) is 90.0 Å². The van der Waals surface area contributed by atoms with Crippen molar-refractivity contribution in [2.45, 2.75) is 18.3 Å². The highest BCUT2D eigenvalue weighted by Crippen LogP contribution is 2.34. The molecule has 0 saturated carbocycles. The molecule has 1 saturated heterocycles. The van der Waals surface area contributed by atoms with Gasteiger partial charge in [-0.15, -0.1) is 5.10 Å². The first kappa shape index (κ1) is 22.8. The van der Waals surface area contributed by atoms with Crippen LogP contribution in [0.25, 0.3) is 16.7 Å². The number of nitrogens with one attached hydrogen (secondary N) is 1. The van der Waals surface area contributed by atoms with Gasteiger partial charge < -0.3 is 10.2 Å². The number of anilines is 2. The second-order valence-electron chi connectivity index (χ2n) is 9.27. The molecule has 0 aliphatic carbocycles. The second kappa shape index (κ2) is 9.42. The Labute approximate surface area is 213 Å². The summed E-state index contributed by atoms with van der Waals surface area (Å²) in [6.45, 7) is 1.36. The van der Waals surface area contributed by atoms with Gasteiger partial charge >= 0.3 is 0 Å². The van der Waals surface area contributed by atoms with Gasteiger partial charge in [0.05, 0.1) is 11.0 Å². The van der Waals surface area contributed by atoms with Crippen LogP contribution < -0.4 is 5.32 Å². The minimum absolute atomic E-state index is 0.0366. The van der Waals surface area contributed by atoms with E-state index >= 15 is 0 Å². The van der Waals surface area contributed by atoms with Gasteiger partial charge in [-0.25, -0.2) is 4.98 Å². The summed E-state index contributed by atoms with van der Waals surface area (Å²) in [7, 11) is 1.82. The van der Waals surface area contributed by atoms with E-state index < -0.39 is 0 Å². The molecule has 9 nitrogen and oxygen atoms in total. The molecule has 5 aromatic rings. The van der Waals surface area contributed by atoms with Crippen LogP contribution in [0.5, 0.6) is 0 Å². The van der Waals surface area contributed by atoms with E-state index in [0.717, 1.165) is 29.6 Å². The van der Waals surface area contributed by atoms with Gasteiger partial charge in [-0.3, -0.25) is 9.79 Å². The number of tetrazole rings is 1. The number of aliphatic imine (C=N–C) groups is 1. The Morgan fingerprint density at radius 3 is 2.46 bits per heavy atom. The molecule has 0 unspecified atom stereocenters. The number of para-hydroxylation sites is 2. The smallest absolute Gasteiger partial charge is 0.253 e. The molecule has 0 spiro atoms. The van der Waals surface area contributed by atoms with Gasteiger partial charge in [-0.05, 0) is 65.2 Å². The van der Waals surface area contributed by atoms with E-state index in [9.17, 15) is 4.79 Å². The highest BCUT2D eigenvalue weighted by atomic mass is 16.2. The Morgan fingerprint density at radius 1 is 0.973 bits per heavy atom. The molecule has 0 atom stereocenters. The predicted octanol–water partition coefficient (Wildman–Crippen LogP) is 4.29. The summed E-state index contributed by atoms with van der Waals surface area (Å²) >= 11 is 0. The summed E-state index contributed by atoms with van der Waals surface area (Å²) in [4.78, 5) is 24.3. The van der Waals surface area contributed by atoms with Crippen molar-refractivity contribution >= 4 is 40.3 Å². The number of likely N-dealkylation sites (tertiary alicyclic amines) is 1. The lowest BCUT2D eigenvalue weighted by atomic mass is 9.73. The standard InChI is InChI=1S/C28H26N8O/c1-29-19-28(21-7-3-2-4-8-21)15-17-35(18-16-28)27(37)20-11-13-22(14-12-20)30-25-26-32-33-34-36(26)24-10-6-5-9-23(24)31-25/h2-14,19H,15-18H2,1H3,(H,30,31). The van der Waals surface area contributed by atoms with Crippen LogP contribution in [0.4, 0.5) is 11.5 Å². The Balaban J connectivity index is 1.18. The third-order valence-corrected chi connectivity index (χ3v) is 7.09. The van der Waals surface area contributed by atoms with Gasteiger partial charge in [-0.2, -0.15) is 4.52 Å². The molecule has 0 bridgehead atoms. The van der Waals surface area contributed by atoms with E-state index in [1.165, 1.54) is 5.56 Å². The third-order valence-electron chi connectivity index (χ3n) is 7.09. The summed E-state index contributed by atoms with van der Waals surface area (Å²) in [6, 6.07) is 25.6. The third kappa shape index (κ3) is 4.18. The second-order valence-corrected chi connectivity index (χ2v) is 9.27. The van der Waals surface area contributed by atoms with Crippen LogP contribution in [0.2, 0.25) is 0 Å². The van der Waals surface area contributed by atoms with Crippen LogP contribution in [0.15, 0.2) is 83.9 Å². The van der Waals surface area contributed by atoms with Gasteiger partial charge in [0.15, 0.2) is 5.82 Å². The van der Waals surface area contributed by atoms with Crippen LogP contribution in [0.1, 0.15) is 28.8 Å². The Hall–Kier alpha value is -4.66. The number of amides is 1. The molecule has 37 heavy (non-hydrogen) atoms. The number of fused-ring (bicyclic) bond motifs is 3. The number of aromatic nitrogens is 5. The first-order valence-electron chi connectivity index (χ1n) is 12.3. The van der Waals surface area contributed by atoms with Crippen LogP contribution >= 0.6 is 0 Å². The number of carbonyl (C=O) groups excluding carboxylic acids is 1. The van der Waals surface area contributed by atoms with Crippen LogP contribution in [0, 0.1) is 0 Å². The van der Waals surface area contributed by atoms with Gasteiger partial charge in [0, 0.05) is 43.0 Å². The molecule has 9 heteroatoms. The lowest BCUT2D eigenvalue weighted by Gasteiger charge is -2.40. The van der Waals surface area contributed by atoms with E-state index in [-0.39, 0.29) is 11.3 Å². The molecule has 184 valence electrons. The van der Waals surface area contributed by atoms with Crippen molar-refractivity contribution in [2.24, 2.45) is 4.99 Å². The number of hydrogen-bond donors (Lipinski definition) is 1. The number of benzene rings is 3. The van der Waals surface area contributed by atoms with E-state index in [4.69, 9.17) is 4.98 Å². The summed E-state index contributed by atoms with van der Waals surface area (Å²) in [5.74, 6) is 0.586. The van der Waals surface area contributed by atoms with Crippen LogP contribution in [0.3, 0.4) is 0 Å². The van der Waals surface area contributed by atoms with Crippen molar-refractivity contribution in [1.29, 1.82) is 0 Å². The molecule has 3 aromatic carbocycles. The largest absolute Gasteiger partial charge is 0.339 e. The SMILES string of the molecule is CN=CC1(c2ccccc2)CCN(C(=O)c2ccc(Nc3nc4ccccc4n4nnnc34)cc2)CC1. The quantitative estimate of drug-likeness (QED) is 0.369. The van der Waals surface area contributed by atoms with Gasteiger partial charge in [-0.1, -0.05) is 42.5 Å². The monoisotopic (exact) mass is 490 g/mol. The molecule has 6 rings (SSSR count). The fourth-order valence-electron chi connectivity index (χ4n) is 5.12. The lowest BCUT2D eigenvalue weighted by molar-refractivity contribution is 0.0698. The number of carbonyl (C=O) groups is 1. The predicted molar refractivity (Wildman–Crippen MR) is 143 cm³/mol. The molecular formula is C28H26N8O. The summed E-state index contributed by atoms with van der Waals surface area (Å²) in [5.41, 5.74) is 4.72. The van der Waals surface area contributed by atoms with Crippen molar-refractivity contribution in [3.8, 4) is 0 Å².